The number of ether oxygens (including phenoxy) is 1. The Hall–Kier alpha value is -1.02. The second-order valence-corrected chi connectivity index (χ2v) is 5.53. The summed E-state index contributed by atoms with van der Waals surface area (Å²) >= 11 is 0. The Labute approximate surface area is 117 Å². The van der Waals surface area contributed by atoms with Crippen molar-refractivity contribution in [2.24, 2.45) is 5.92 Å². The van der Waals surface area contributed by atoms with E-state index in [-0.39, 0.29) is 0 Å². The zero-order valence-electron chi connectivity index (χ0n) is 12.3. The van der Waals surface area contributed by atoms with Crippen LogP contribution in [0.4, 0.5) is 0 Å². The summed E-state index contributed by atoms with van der Waals surface area (Å²) in [5.74, 6) is 2.59. The Morgan fingerprint density at radius 3 is 2.68 bits per heavy atom. The highest BCUT2D eigenvalue weighted by Gasteiger charge is 2.33. The number of hydrogen-bond donors (Lipinski definition) is 1. The third-order valence-corrected chi connectivity index (χ3v) is 4.03. The molecule has 2 unspecified atom stereocenters. The van der Waals surface area contributed by atoms with E-state index in [1.807, 2.05) is 0 Å². The van der Waals surface area contributed by atoms with Crippen LogP contribution < -0.4 is 10.1 Å². The second kappa shape index (κ2) is 7.54. The molecule has 0 radical (unpaired) electrons. The molecule has 0 aromatic heterocycles. The van der Waals surface area contributed by atoms with Crippen LogP contribution in [0, 0.1) is 5.92 Å². The van der Waals surface area contributed by atoms with Crippen LogP contribution in [-0.2, 0) is 0 Å². The monoisotopic (exact) mass is 261 g/mol. The molecule has 1 aromatic carbocycles. The molecule has 106 valence electrons. The van der Waals surface area contributed by atoms with Crippen LogP contribution in [0.25, 0.3) is 0 Å². The highest BCUT2D eigenvalue weighted by Crippen LogP contribution is 2.45. The van der Waals surface area contributed by atoms with Gasteiger partial charge in [-0.15, -0.1) is 0 Å². The van der Waals surface area contributed by atoms with E-state index in [0.717, 1.165) is 37.8 Å². The molecule has 0 spiro atoms. The van der Waals surface area contributed by atoms with E-state index in [2.05, 4.69) is 43.4 Å². The third kappa shape index (κ3) is 3.73. The van der Waals surface area contributed by atoms with Crippen molar-refractivity contribution in [1.29, 1.82) is 0 Å². The lowest BCUT2D eigenvalue weighted by atomic mass is 9.69. The minimum absolute atomic E-state index is 0.692. The Balaban J connectivity index is 1.96. The maximum absolute atomic E-state index is 5.90. The summed E-state index contributed by atoms with van der Waals surface area (Å²) in [6, 6.07) is 8.60. The second-order valence-electron chi connectivity index (χ2n) is 5.53. The molecule has 0 heterocycles. The molecule has 0 bridgehead atoms. The van der Waals surface area contributed by atoms with Gasteiger partial charge < -0.3 is 10.1 Å². The Bertz CT molecular complexity index is 377. The number of benzene rings is 1. The summed E-state index contributed by atoms with van der Waals surface area (Å²) in [5.41, 5.74) is 1.42. The zero-order chi connectivity index (χ0) is 13.5. The minimum atomic E-state index is 0.692. The quantitative estimate of drug-likeness (QED) is 0.715. The van der Waals surface area contributed by atoms with Gasteiger partial charge in [-0.05, 0) is 62.2 Å². The van der Waals surface area contributed by atoms with Gasteiger partial charge in [0.05, 0.1) is 6.61 Å². The largest absolute Gasteiger partial charge is 0.493 e. The van der Waals surface area contributed by atoms with Crippen molar-refractivity contribution >= 4 is 0 Å². The van der Waals surface area contributed by atoms with Crippen LogP contribution in [0.3, 0.4) is 0 Å². The number of para-hydroxylation sites is 1. The lowest BCUT2D eigenvalue weighted by Gasteiger charge is -2.38. The van der Waals surface area contributed by atoms with Gasteiger partial charge in [0.25, 0.3) is 0 Å². The van der Waals surface area contributed by atoms with E-state index in [9.17, 15) is 0 Å². The van der Waals surface area contributed by atoms with Gasteiger partial charge in [0.2, 0.25) is 0 Å². The molecule has 2 atom stereocenters. The maximum Gasteiger partial charge on any atom is 0.122 e. The van der Waals surface area contributed by atoms with Gasteiger partial charge in [0, 0.05) is 0 Å². The average molecular weight is 261 g/mol. The molecule has 1 aliphatic rings. The van der Waals surface area contributed by atoms with E-state index >= 15 is 0 Å². The third-order valence-electron chi connectivity index (χ3n) is 4.03. The Morgan fingerprint density at radius 2 is 2.00 bits per heavy atom. The minimum Gasteiger partial charge on any atom is -0.493 e. The summed E-state index contributed by atoms with van der Waals surface area (Å²) in [6.07, 6.45) is 4.95. The maximum atomic E-state index is 5.90. The average Bonchev–Trinajstić information content (AvgIpc) is 2.41. The number of nitrogens with one attached hydrogen (secondary N) is 1. The smallest absolute Gasteiger partial charge is 0.122 e. The summed E-state index contributed by atoms with van der Waals surface area (Å²) in [4.78, 5) is 0. The first kappa shape index (κ1) is 14.4. The molecular weight excluding hydrogens is 234 g/mol. The van der Waals surface area contributed by atoms with E-state index in [1.54, 1.807) is 0 Å². The van der Waals surface area contributed by atoms with Gasteiger partial charge in [0.15, 0.2) is 0 Å². The molecule has 0 saturated heterocycles. The number of rotatable bonds is 8. The van der Waals surface area contributed by atoms with Crippen molar-refractivity contribution in [2.75, 3.05) is 19.7 Å². The zero-order valence-corrected chi connectivity index (χ0v) is 12.3. The molecule has 1 saturated carbocycles. The number of hydrogen-bond acceptors (Lipinski definition) is 2. The van der Waals surface area contributed by atoms with Crippen LogP contribution >= 0.6 is 0 Å². The van der Waals surface area contributed by atoms with Gasteiger partial charge in [0.1, 0.15) is 5.75 Å². The molecule has 1 fully saturated rings. The van der Waals surface area contributed by atoms with Crippen LogP contribution in [0.5, 0.6) is 5.75 Å². The Kier molecular flexibility index (Phi) is 5.71. The summed E-state index contributed by atoms with van der Waals surface area (Å²) < 4.78 is 5.90. The summed E-state index contributed by atoms with van der Waals surface area (Å²) in [5, 5.41) is 3.56. The fraction of sp³-hybridized carbons (Fsp3) is 0.647. The molecule has 1 aliphatic carbocycles. The molecule has 0 amide bonds. The van der Waals surface area contributed by atoms with Crippen LogP contribution in [0.1, 0.15) is 51.0 Å². The van der Waals surface area contributed by atoms with Gasteiger partial charge >= 0.3 is 0 Å². The first-order chi connectivity index (χ1) is 9.36. The molecule has 1 N–H and O–H groups in total. The fourth-order valence-corrected chi connectivity index (χ4v) is 2.82. The standard InChI is InChI=1S/C17H27NO/c1-3-11-18-13-14-9-10-15(14)16-7-5-6-8-17(16)19-12-4-2/h5-8,14-15,18H,3-4,9-13H2,1-2H3. The van der Waals surface area contributed by atoms with Gasteiger partial charge in [-0.25, -0.2) is 0 Å². The van der Waals surface area contributed by atoms with Gasteiger partial charge in [-0.2, -0.15) is 0 Å². The van der Waals surface area contributed by atoms with Crippen LogP contribution in [-0.4, -0.2) is 19.7 Å². The van der Waals surface area contributed by atoms with E-state index < -0.39 is 0 Å². The van der Waals surface area contributed by atoms with Crippen LogP contribution in [0.15, 0.2) is 24.3 Å². The molecule has 0 aliphatic heterocycles. The summed E-state index contributed by atoms with van der Waals surface area (Å²) in [6.45, 7) is 7.49. The highest BCUT2D eigenvalue weighted by molar-refractivity contribution is 5.38. The van der Waals surface area contributed by atoms with Crippen molar-refractivity contribution in [1.82, 2.24) is 5.32 Å². The first-order valence-corrected chi connectivity index (χ1v) is 7.79. The fourth-order valence-electron chi connectivity index (χ4n) is 2.82. The van der Waals surface area contributed by atoms with E-state index in [0.29, 0.717) is 5.92 Å². The Morgan fingerprint density at radius 1 is 1.16 bits per heavy atom. The van der Waals surface area contributed by atoms with Crippen molar-refractivity contribution in [3.63, 3.8) is 0 Å². The first-order valence-electron chi connectivity index (χ1n) is 7.79. The molecular formula is C17H27NO. The van der Waals surface area contributed by atoms with Crippen molar-refractivity contribution in [3.8, 4) is 5.75 Å². The normalized spacial score (nSPS) is 22.0. The molecule has 2 heteroatoms. The molecule has 19 heavy (non-hydrogen) atoms. The molecule has 2 nitrogen and oxygen atoms in total. The highest BCUT2D eigenvalue weighted by atomic mass is 16.5. The van der Waals surface area contributed by atoms with E-state index in [1.165, 1.54) is 24.8 Å². The van der Waals surface area contributed by atoms with Crippen molar-refractivity contribution in [2.45, 2.75) is 45.4 Å². The van der Waals surface area contributed by atoms with Crippen molar-refractivity contribution < 1.29 is 4.74 Å². The molecule has 2 rings (SSSR count). The van der Waals surface area contributed by atoms with Gasteiger partial charge in [-0.3, -0.25) is 0 Å². The molecule has 1 aromatic rings. The van der Waals surface area contributed by atoms with E-state index in [4.69, 9.17) is 4.74 Å². The summed E-state index contributed by atoms with van der Waals surface area (Å²) in [7, 11) is 0. The van der Waals surface area contributed by atoms with Crippen molar-refractivity contribution in [3.05, 3.63) is 29.8 Å². The topological polar surface area (TPSA) is 21.3 Å². The van der Waals surface area contributed by atoms with Crippen LogP contribution in [0.2, 0.25) is 0 Å². The predicted octanol–water partition coefficient (Wildman–Crippen LogP) is 3.97. The lowest BCUT2D eigenvalue weighted by molar-refractivity contribution is 0.234. The lowest BCUT2D eigenvalue weighted by Crippen LogP contribution is -2.34. The SMILES string of the molecule is CCCNCC1CCC1c1ccccc1OCCC. The predicted molar refractivity (Wildman–Crippen MR) is 80.9 cm³/mol. The van der Waals surface area contributed by atoms with Gasteiger partial charge in [-0.1, -0.05) is 32.0 Å².